The van der Waals surface area contributed by atoms with Crippen LogP contribution < -0.4 is 5.32 Å². The van der Waals surface area contributed by atoms with Crippen LogP contribution in [0.15, 0.2) is 30.3 Å². The number of ketones is 1. The highest BCUT2D eigenvalue weighted by Crippen LogP contribution is 2.13. The molecule has 0 saturated carbocycles. The molecule has 1 unspecified atom stereocenters. The molecule has 1 N–H and O–H groups in total. The van der Waals surface area contributed by atoms with Crippen molar-refractivity contribution < 1.29 is 14.3 Å². The highest BCUT2D eigenvalue weighted by molar-refractivity contribution is 6.27. The Morgan fingerprint density at radius 3 is 2.48 bits per heavy atom. The number of nitrogens with one attached hydrogen (secondary N) is 1. The number of ether oxygens (including phenoxy) is 1. The molecule has 116 valence electrons. The van der Waals surface area contributed by atoms with Crippen LogP contribution >= 0.6 is 11.6 Å². The summed E-state index contributed by atoms with van der Waals surface area (Å²) in [6, 6.07) is 9.43. The van der Waals surface area contributed by atoms with Crippen molar-refractivity contribution in [3.05, 3.63) is 35.9 Å². The number of rotatable bonds is 8. The molecule has 0 heterocycles. The first-order valence-electron chi connectivity index (χ1n) is 7.06. The number of benzene rings is 1. The third-order valence-electron chi connectivity index (χ3n) is 3.05. The van der Waals surface area contributed by atoms with Gasteiger partial charge in [0, 0.05) is 12.5 Å². The van der Waals surface area contributed by atoms with Crippen LogP contribution in [-0.4, -0.2) is 24.3 Å². The Morgan fingerprint density at radius 1 is 1.24 bits per heavy atom. The number of Topliss-reactive ketones (excluding diaryl/α,β-unsaturated/α-hetero) is 1. The van der Waals surface area contributed by atoms with Crippen molar-refractivity contribution in [2.24, 2.45) is 11.8 Å². The van der Waals surface area contributed by atoms with Gasteiger partial charge >= 0.3 is 6.09 Å². The highest BCUT2D eigenvalue weighted by atomic mass is 35.5. The molecule has 4 nitrogen and oxygen atoms in total. The van der Waals surface area contributed by atoms with Crippen molar-refractivity contribution in [3.8, 4) is 0 Å². The number of carbonyl (C=O) groups excluding carboxylic acids is 2. The van der Waals surface area contributed by atoms with Gasteiger partial charge in [0.05, 0.1) is 5.88 Å². The van der Waals surface area contributed by atoms with Gasteiger partial charge in [-0.15, -0.1) is 11.6 Å². The van der Waals surface area contributed by atoms with E-state index in [1.807, 2.05) is 44.2 Å². The quantitative estimate of drug-likeness (QED) is 0.749. The van der Waals surface area contributed by atoms with E-state index in [9.17, 15) is 9.59 Å². The molecule has 0 aliphatic rings. The van der Waals surface area contributed by atoms with Gasteiger partial charge in [-0.25, -0.2) is 4.79 Å². The summed E-state index contributed by atoms with van der Waals surface area (Å²) in [5.74, 6) is 0.0304. The monoisotopic (exact) mass is 311 g/mol. The van der Waals surface area contributed by atoms with Gasteiger partial charge in [-0.1, -0.05) is 44.2 Å². The largest absolute Gasteiger partial charge is 0.445 e. The van der Waals surface area contributed by atoms with Crippen LogP contribution in [0, 0.1) is 11.8 Å². The summed E-state index contributed by atoms with van der Waals surface area (Å²) < 4.78 is 5.10. The first-order valence-corrected chi connectivity index (χ1v) is 7.59. The van der Waals surface area contributed by atoms with Crippen LogP contribution in [0.4, 0.5) is 4.79 Å². The average Bonchev–Trinajstić information content (AvgIpc) is 2.49. The summed E-state index contributed by atoms with van der Waals surface area (Å²) in [5.41, 5.74) is 0.920. The molecule has 1 atom stereocenters. The molecule has 0 bridgehead atoms. The van der Waals surface area contributed by atoms with E-state index >= 15 is 0 Å². The van der Waals surface area contributed by atoms with E-state index in [0.717, 1.165) is 5.56 Å². The van der Waals surface area contributed by atoms with Gasteiger partial charge < -0.3 is 10.1 Å². The Bertz CT molecular complexity index is 448. The van der Waals surface area contributed by atoms with Gasteiger partial charge in [-0.3, -0.25) is 4.79 Å². The van der Waals surface area contributed by atoms with Crippen molar-refractivity contribution >= 4 is 23.5 Å². The van der Waals surface area contributed by atoms with E-state index < -0.39 is 6.09 Å². The van der Waals surface area contributed by atoms with Crippen LogP contribution in [0.3, 0.4) is 0 Å². The molecule has 21 heavy (non-hydrogen) atoms. The molecule has 0 fully saturated rings. The molecule has 1 amide bonds. The van der Waals surface area contributed by atoms with Crippen molar-refractivity contribution in [3.63, 3.8) is 0 Å². The SMILES string of the molecule is CC(C)CC(CNC(=O)OCc1ccccc1)C(=O)CCl. The third kappa shape index (κ3) is 7.14. The first-order chi connectivity index (χ1) is 10.0. The van der Waals surface area contributed by atoms with Crippen molar-refractivity contribution in [1.29, 1.82) is 0 Å². The lowest BCUT2D eigenvalue weighted by Gasteiger charge is -2.17. The molecule has 0 spiro atoms. The lowest BCUT2D eigenvalue weighted by Crippen LogP contribution is -2.34. The van der Waals surface area contributed by atoms with Gasteiger partial charge in [-0.05, 0) is 17.9 Å². The van der Waals surface area contributed by atoms with Gasteiger partial charge in [0.15, 0.2) is 5.78 Å². The molecule has 0 aliphatic heterocycles. The van der Waals surface area contributed by atoms with E-state index in [0.29, 0.717) is 12.3 Å². The predicted octanol–water partition coefficient (Wildman–Crippen LogP) is 3.38. The molecule has 0 aromatic heterocycles. The summed E-state index contributed by atoms with van der Waals surface area (Å²) in [7, 11) is 0. The summed E-state index contributed by atoms with van der Waals surface area (Å²) >= 11 is 5.59. The van der Waals surface area contributed by atoms with Crippen molar-refractivity contribution in [2.45, 2.75) is 26.9 Å². The van der Waals surface area contributed by atoms with Crippen molar-refractivity contribution in [1.82, 2.24) is 5.32 Å². The number of alkyl halides is 1. The average molecular weight is 312 g/mol. The predicted molar refractivity (Wildman–Crippen MR) is 83.3 cm³/mol. The Labute approximate surface area is 130 Å². The Morgan fingerprint density at radius 2 is 1.90 bits per heavy atom. The summed E-state index contributed by atoms with van der Waals surface area (Å²) in [5, 5.41) is 2.63. The van der Waals surface area contributed by atoms with E-state index in [2.05, 4.69) is 5.32 Å². The fraction of sp³-hybridized carbons (Fsp3) is 0.500. The molecule has 0 saturated heterocycles. The summed E-state index contributed by atoms with van der Waals surface area (Å²) in [4.78, 5) is 23.4. The van der Waals surface area contributed by atoms with Crippen LogP contribution in [0.1, 0.15) is 25.8 Å². The molecular weight excluding hydrogens is 290 g/mol. The van der Waals surface area contributed by atoms with E-state index in [-0.39, 0.29) is 30.7 Å². The topological polar surface area (TPSA) is 55.4 Å². The minimum absolute atomic E-state index is 0.0296. The number of halogens is 1. The molecule has 0 radical (unpaired) electrons. The van der Waals surface area contributed by atoms with Crippen LogP contribution in [0.25, 0.3) is 0 Å². The fourth-order valence-corrected chi connectivity index (χ4v) is 2.21. The highest BCUT2D eigenvalue weighted by Gasteiger charge is 2.19. The van der Waals surface area contributed by atoms with Crippen LogP contribution in [0.5, 0.6) is 0 Å². The zero-order valence-electron chi connectivity index (χ0n) is 12.5. The zero-order chi connectivity index (χ0) is 15.7. The minimum Gasteiger partial charge on any atom is -0.445 e. The zero-order valence-corrected chi connectivity index (χ0v) is 13.2. The Balaban J connectivity index is 2.37. The maximum absolute atomic E-state index is 11.7. The summed E-state index contributed by atoms with van der Waals surface area (Å²) in [6.45, 7) is 4.53. The maximum Gasteiger partial charge on any atom is 0.407 e. The van der Waals surface area contributed by atoms with Gasteiger partial charge in [0.25, 0.3) is 0 Å². The summed E-state index contributed by atoms with van der Waals surface area (Å²) in [6.07, 6.45) is 0.180. The Kier molecular flexibility index (Phi) is 7.83. The lowest BCUT2D eigenvalue weighted by atomic mass is 9.94. The first kappa shape index (κ1) is 17.5. The fourth-order valence-electron chi connectivity index (χ4n) is 1.99. The van der Waals surface area contributed by atoms with E-state index in [1.165, 1.54) is 0 Å². The second-order valence-corrected chi connectivity index (χ2v) is 5.64. The number of hydrogen-bond donors (Lipinski definition) is 1. The normalized spacial score (nSPS) is 12.0. The lowest BCUT2D eigenvalue weighted by molar-refractivity contribution is -0.120. The number of carbonyl (C=O) groups is 2. The van der Waals surface area contributed by atoms with Crippen molar-refractivity contribution in [2.75, 3.05) is 12.4 Å². The third-order valence-corrected chi connectivity index (χ3v) is 3.31. The van der Waals surface area contributed by atoms with Crippen LogP contribution in [-0.2, 0) is 16.1 Å². The van der Waals surface area contributed by atoms with Gasteiger partial charge in [0.2, 0.25) is 0 Å². The smallest absolute Gasteiger partial charge is 0.407 e. The number of hydrogen-bond acceptors (Lipinski definition) is 3. The minimum atomic E-state index is -0.519. The van der Waals surface area contributed by atoms with Gasteiger partial charge in [-0.2, -0.15) is 0 Å². The molecule has 1 rings (SSSR count). The standard InChI is InChI=1S/C16H22ClNO3/c1-12(2)8-14(15(19)9-17)10-18-16(20)21-11-13-6-4-3-5-7-13/h3-7,12,14H,8-11H2,1-2H3,(H,18,20). The molecule has 5 heteroatoms. The van der Waals surface area contributed by atoms with Crippen LogP contribution in [0.2, 0.25) is 0 Å². The second-order valence-electron chi connectivity index (χ2n) is 5.37. The number of alkyl carbamates (subject to hydrolysis) is 1. The molecular formula is C16H22ClNO3. The molecule has 1 aromatic rings. The van der Waals surface area contributed by atoms with E-state index in [1.54, 1.807) is 0 Å². The molecule has 1 aromatic carbocycles. The molecule has 0 aliphatic carbocycles. The number of amides is 1. The van der Waals surface area contributed by atoms with Gasteiger partial charge in [0.1, 0.15) is 6.61 Å². The maximum atomic E-state index is 11.7. The van der Waals surface area contributed by atoms with E-state index in [4.69, 9.17) is 16.3 Å². The second kappa shape index (κ2) is 9.40. The Hall–Kier alpha value is -1.55.